The molecule has 1 amide bonds. The van der Waals surface area contributed by atoms with Crippen LogP contribution in [0.4, 0.5) is 0 Å². The number of aromatic amines is 1. The van der Waals surface area contributed by atoms with E-state index in [0.29, 0.717) is 11.3 Å². The van der Waals surface area contributed by atoms with Gasteiger partial charge in [0.15, 0.2) is 5.17 Å². The Labute approximate surface area is 167 Å². The number of H-pyrrole nitrogens is 1. The van der Waals surface area contributed by atoms with Crippen molar-refractivity contribution in [2.75, 3.05) is 32.7 Å². The minimum Gasteiger partial charge on any atom is -0.348 e. The van der Waals surface area contributed by atoms with Crippen LogP contribution in [0.5, 0.6) is 0 Å². The highest BCUT2D eigenvalue weighted by Gasteiger charge is 2.28. The highest BCUT2D eigenvalue weighted by molar-refractivity contribution is 8.18. The van der Waals surface area contributed by atoms with E-state index < -0.39 is 0 Å². The van der Waals surface area contributed by atoms with Crippen LogP contribution in [-0.2, 0) is 4.79 Å². The topological polar surface area (TPSA) is 88.4 Å². The van der Waals surface area contributed by atoms with Gasteiger partial charge >= 0.3 is 0 Å². The van der Waals surface area contributed by atoms with E-state index in [2.05, 4.69) is 31.1 Å². The maximum Gasteiger partial charge on any atom is 0.286 e. The lowest BCUT2D eigenvalue weighted by Crippen LogP contribution is -2.47. The molecule has 1 N–H and O–H groups in total. The van der Waals surface area contributed by atoms with Crippen molar-refractivity contribution in [1.82, 2.24) is 20.0 Å². The number of amides is 1. The van der Waals surface area contributed by atoms with Crippen molar-refractivity contribution in [3.8, 4) is 17.3 Å². The number of nitrogens with one attached hydrogen (secondary N) is 1. The molecule has 2 aliphatic heterocycles. The predicted octanol–water partition coefficient (Wildman–Crippen LogP) is 2.58. The third kappa shape index (κ3) is 4.01. The summed E-state index contributed by atoms with van der Waals surface area (Å²) in [5.41, 5.74) is 2.79. The van der Waals surface area contributed by atoms with Crippen LogP contribution in [0.25, 0.3) is 17.3 Å². The number of aromatic nitrogens is 2. The summed E-state index contributed by atoms with van der Waals surface area (Å²) in [5.74, 6) is -0.202. The molecule has 2 aromatic rings. The van der Waals surface area contributed by atoms with Gasteiger partial charge in [-0.3, -0.25) is 14.8 Å². The quantitative estimate of drug-likeness (QED) is 0.805. The fraction of sp³-hybridized carbons (Fsp3) is 0.300. The van der Waals surface area contributed by atoms with Gasteiger partial charge in [-0.05, 0) is 17.8 Å². The summed E-state index contributed by atoms with van der Waals surface area (Å²) in [6.45, 7) is 4.21. The van der Waals surface area contributed by atoms with Crippen molar-refractivity contribution in [2.24, 2.45) is 4.99 Å². The molecule has 0 atom stereocenters. The van der Waals surface area contributed by atoms with E-state index in [1.54, 1.807) is 6.20 Å². The Morgan fingerprint density at radius 1 is 1.21 bits per heavy atom. The van der Waals surface area contributed by atoms with Crippen molar-refractivity contribution in [2.45, 2.75) is 6.42 Å². The molecular formula is C20H20N6OS. The van der Waals surface area contributed by atoms with Crippen LogP contribution in [0, 0.1) is 11.3 Å². The molecule has 28 heavy (non-hydrogen) atoms. The van der Waals surface area contributed by atoms with Gasteiger partial charge in [0.05, 0.1) is 22.9 Å². The van der Waals surface area contributed by atoms with E-state index in [-0.39, 0.29) is 5.91 Å². The lowest BCUT2D eigenvalue weighted by molar-refractivity contribution is -0.113. The Kier molecular flexibility index (Phi) is 5.55. The number of thioether (sulfide) groups is 1. The summed E-state index contributed by atoms with van der Waals surface area (Å²) in [7, 11) is 0. The second-order valence-corrected chi connectivity index (χ2v) is 7.62. The van der Waals surface area contributed by atoms with E-state index in [1.807, 2.05) is 36.4 Å². The second kappa shape index (κ2) is 8.42. The molecule has 0 spiro atoms. The molecule has 0 bridgehead atoms. The zero-order valence-corrected chi connectivity index (χ0v) is 16.2. The number of amidine groups is 1. The van der Waals surface area contributed by atoms with Crippen molar-refractivity contribution in [1.29, 1.82) is 5.26 Å². The molecular weight excluding hydrogens is 372 g/mol. The SMILES string of the molecule is N#CCCN1CCN(C2=NC(=O)C(=Cc3cn[nH]c3-c3ccccc3)S2)CC1. The van der Waals surface area contributed by atoms with Crippen LogP contribution >= 0.6 is 11.8 Å². The van der Waals surface area contributed by atoms with E-state index in [9.17, 15) is 4.79 Å². The average Bonchev–Trinajstić information content (AvgIpc) is 3.34. The van der Waals surface area contributed by atoms with Crippen LogP contribution in [0.1, 0.15) is 12.0 Å². The zero-order chi connectivity index (χ0) is 19.3. The van der Waals surface area contributed by atoms with Crippen LogP contribution < -0.4 is 0 Å². The average molecular weight is 392 g/mol. The highest BCUT2D eigenvalue weighted by atomic mass is 32.2. The predicted molar refractivity (Wildman–Crippen MR) is 110 cm³/mol. The van der Waals surface area contributed by atoms with Gasteiger partial charge in [-0.25, -0.2) is 0 Å². The first-order valence-electron chi connectivity index (χ1n) is 9.20. The number of nitriles is 1. The Hall–Kier alpha value is -2.89. The lowest BCUT2D eigenvalue weighted by atomic mass is 10.1. The third-order valence-corrected chi connectivity index (χ3v) is 5.85. The number of hydrogen-bond acceptors (Lipinski definition) is 6. The third-order valence-electron chi connectivity index (χ3n) is 4.81. The molecule has 7 nitrogen and oxygen atoms in total. The van der Waals surface area contributed by atoms with E-state index in [0.717, 1.165) is 54.7 Å². The van der Waals surface area contributed by atoms with Crippen LogP contribution in [0.3, 0.4) is 0 Å². The van der Waals surface area contributed by atoms with Crippen molar-refractivity contribution in [3.63, 3.8) is 0 Å². The van der Waals surface area contributed by atoms with Crippen molar-refractivity contribution >= 4 is 28.9 Å². The number of carbonyl (C=O) groups excluding carboxylic acids is 1. The van der Waals surface area contributed by atoms with Crippen LogP contribution in [0.15, 0.2) is 46.4 Å². The summed E-state index contributed by atoms with van der Waals surface area (Å²) in [6, 6.07) is 12.1. The number of carbonyl (C=O) groups is 1. The minimum atomic E-state index is -0.202. The smallest absolute Gasteiger partial charge is 0.286 e. The van der Waals surface area contributed by atoms with E-state index >= 15 is 0 Å². The van der Waals surface area contributed by atoms with Gasteiger partial charge in [0.2, 0.25) is 0 Å². The maximum absolute atomic E-state index is 12.4. The second-order valence-electron chi connectivity index (χ2n) is 6.61. The van der Waals surface area contributed by atoms with Crippen LogP contribution in [-0.4, -0.2) is 63.8 Å². The number of aliphatic imine (C=N–C) groups is 1. The van der Waals surface area contributed by atoms with Gasteiger partial charge in [0.1, 0.15) is 0 Å². The van der Waals surface area contributed by atoms with Crippen molar-refractivity contribution in [3.05, 3.63) is 47.0 Å². The molecule has 0 unspecified atom stereocenters. The first-order chi connectivity index (χ1) is 13.7. The lowest BCUT2D eigenvalue weighted by Gasteiger charge is -2.34. The molecule has 1 fully saturated rings. The number of rotatable bonds is 4. The number of hydrogen-bond donors (Lipinski definition) is 1. The standard InChI is InChI=1S/C20H20N6OS/c21-7-4-8-25-9-11-26(12-10-25)20-23-19(27)17(28-20)13-16-14-22-24-18(16)15-5-2-1-3-6-15/h1-3,5-6,13-14H,4,8-12H2,(H,22,24). The molecule has 1 aromatic heterocycles. The minimum absolute atomic E-state index is 0.202. The van der Waals surface area contributed by atoms with Crippen LogP contribution in [0.2, 0.25) is 0 Å². The Morgan fingerprint density at radius 2 is 2.00 bits per heavy atom. The Morgan fingerprint density at radius 3 is 2.75 bits per heavy atom. The Bertz CT molecular complexity index is 951. The molecule has 142 valence electrons. The largest absolute Gasteiger partial charge is 0.348 e. The van der Waals surface area contributed by atoms with E-state index in [4.69, 9.17) is 5.26 Å². The summed E-state index contributed by atoms with van der Waals surface area (Å²) in [5, 5.41) is 16.6. The first kappa shape index (κ1) is 18.5. The summed E-state index contributed by atoms with van der Waals surface area (Å²) in [6.07, 6.45) is 4.14. The maximum atomic E-state index is 12.4. The number of piperazine rings is 1. The molecule has 3 heterocycles. The van der Waals surface area contributed by atoms with Crippen molar-refractivity contribution < 1.29 is 4.79 Å². The van der Waals surface area contributed by atoms with Gasteiger partial charge in [-0.1, -0.05) is 30.3 Å². The van der Waals surface area contributed by atoms with Gasteiger partial charge < -0.3 is 4.90 Å². The Balaban J connectivity index is 1.44. The van der Waals surface area contributed by atoms with Gasteiger partial charge in [0, 0.05) is 50.3 Å². The molecule has 1 aromatic carbocycles. The summed E-state index contributed by atoms with van der Waals surface area (Å²) >= 11 is 1.42. The monoisotopic (exact) mass is 392 g/mol. The molecule has 0 saturated carbocycles. The molecule has 2 aliphatic rings. The normalized spacial score (nSPS) is 19.1. The highest BCUT2D eigenvalue weighted by Crippen LogP contribution is 2.32. The van der Waals surface area contributed by atoms with E-state index in [1.165, 1.54) is 11.8 Å². The number of benzene rings is 1. The first-order valence-corrected chi connectivity index (χ1v) is 10.0. The summed E-state index contributed by atoms with van der Waals surface area (Å²) in [4.78, 5) is 21.7. The fourth-order valence-corrected chi connectivity index (χ4v) is 4.24. The zero-order valence-electron chi connectivity index (χ0n) is 15.3. The number of nitrogens with zero attached hydrogens (tertiary/aromatic N) is 5. The molecule has 4 rings (SSSR count). The molecule has 0 aliphatic carbocycles. The molecule has 0 radical (unpaired) electrons. The fourth-order valence-electron chi connectivity index (χ4n) is 3.29. The molecule has 8 heteroatoms. The van der Waals surface area contributed by atoms with Gasteiger partial charge in [0.25, 0.3) is 5.91 Å². The molecule has 1 saturated heterocycles. The van der Waals surface area contributed by atoms with Gasteiger partial charge in [-0.2, -0.15) is 15.4 Å². The summed E-state index contributed by atoms with van der Waals surface area (Å²) < 4.78 is 0. The van der Waals surface area contributed by atoms with Gasteiger partial charge in [-0.15, -0.1) is 0 Å².